The van der Waals surface area contributed by atoms with Crippen LogP contribution in [0.4, 0.5) is 0 Å². The average molecular weight is 395 g/mol. The SMILES string of the molecule is O=C(CN1CCC(C2(C3CCCC3)CCCc3ccccc32)CC1)N1CCCC1. The van der Waals surface area contributed by atoms with E-state index in [1.807, 2.05) is 0 Å². The Hall–Kier alpha value is -1.35. The van der Waals surface area contributed by atoms with Crippen molar-refractivity contribution in [3.63, 3.8) is 0 Å². The molecule has 1 unspecified atom stereocenters. The molecule has 1 atom stereocenters. The van der Waals surface area contributed by atoms with Crippen LogP contribution in [0.15, 0.2) is 24.3 Å². The van der Waals surface area contributed by atoms with E-state index >= 15 is 0 Å². The van der Waals surface area contributed by atoms with E-state index in [4.69, 9.17) is 0 Å². The first-order chi connectivity index (χ1) is 14.3. The number of hydrogen-bond donors (Lipinski definition) is 0. The molecule has 3 heteroatoms. The van der Waals surface area contributed by atoms with Crippen LogP contribution in [0.2, 0.25) is 0 Å². The number of rotatable bonds is 4. The molecular formula is C26H38N2O. The average Bonchev–Trinajstić information content (AvgIpc) is 3.48. The molecule has 1 amide bonds. The largest absolute Gasteiger partial charge is 0.342 e. The maximum Gasteiger partial charge on any atom is 0.236 e. The van der Waals surface area contributed by atoms with Gasteiger partial charge in [0.2, 0.25) is 5.91 Å². The second-order valence-electron chi connectivity index (χ2n) is 10.2. The predicted molar refractivity (Wildman–Crippen MR) is 118 cm³/mol. The molecule has 0 N–H and O–H groups in total. The summed E-state index contributed by atoms with van der Waals surface area (Å²) in [5, 5.41) is 0. The van der Waals surface area contributed by atoms with Gasteiger partial charge in [0.15, 0.2) is 0 Å². The van der Waals surface area contributed by atoms with E-state index in [1.165, 1.54) is 70.6 Å². The topological polar surface area (TPSA) is 23.6 Å². The first-order valence-electron chi connectivity index (χ1n) is 12.4. The Bertz CT molecular complexity index is 711. The number of fused-ring (bicyclic) bond motifs is 1. The Balaban J connectivity index is 1.32. The molecule has 1 saturated carbocycles. The van der Waals surface area contributed by atoms with Gasteiger partial charge < -0.3 is 4.90 Å². The van der Waals surface area contributed by atoms with Gasteiger partial charge in [-0.25, -0.2) is 0 Å². The van der Waals surface area contributed by atoms with Crippen LogP contribution in [0.1, 0.15) is 75.3 Å². The molecule has 0 aromatic heterocycles. The number of benzene rings is 1. The van der Waals surface area contributed by atoms with Gasteiger partial charge >= 0.3 is 0 Å². The van der Waals surface area contributed by atoms with Gasteiger partial charge in [0.25, 0.3) is 0 Å². The number of likely N-dealkylation sites (tertiary alicyclic amines) is 2. The van der Waals surface area contributed by atoms with Crippen LogP contribution in [0.3, 0.4) is 0 Å². The number of amides is 1. The lowest BCUT2D eigenvalue weighted by Crippen LogP contribution is -2.50. The highest BCUT2D eigenvalue weighted by atomic mass is 16.2. The number of nitrogens with zero attached hydrogens (tertiary/aromatic N) is 2. The van der Waals surface area contributed by atoms with E-state index in [9.17, 15) is 4.79 Å². The molecule has 3 nitrogen and oxygen atoms in total. The van der Waals surface area contributed by atoms with E-state index in [-0.39, 0.29) is 0 Å². The van der Waals surface area contributed by atoms with E-state index in [1.54, 1.807) is 11.1 Å². The van der Waals surface area contributed by atoms with Crippen molar-refractivity contribution in [3.8, 4) is 0 Å². The summed E-state index contributed by atoms with van der Waals surface area (Å²) in [6.07, 6.45) is 14.7. The molecule has 0 spiro atoms. The molecule has 1 aromatic carbocycles. The normalized spacial score (nSPS) is 29.3. The number of hydrogen-bond acceptors (Lipinski definition) is 2. The number of carbonyl (C=O) groups excluding carboxylic acids is 1. The summed E-state index contributed by atoms with van der Waals surface area (Å²) in [4.78, 5) is 17.2. The highest BCUT2D eigenvalue weighted by Gasteiger charge is 2.49. The minimum absolute atomic E-state index is 0.370. The fourth-order valence-corrected chi connectivity index (χ4v) is 7.38. The van der Waals surface area contributed by atoms with Crippen LogP contribution in [0, 0.1) is 11.8 Å². The minimum atomic E-state index is 0.370. The summed E-state index contributed by atoms with van der Waals surface area (Å²) < 4.78 is 0. The van der Waals surface area contributed by atoms with Crippen molar-refractivity contribution in [3.05, 3.63) is 35.4 Å². The van der Waals surface area contributed by atoms with E-state index in [0.717, 1.165) is 38.0 Å². The summed E-state index contributed by atoms with van der Waals surface area (Å²) >= 11 is 0. The summed E-state index contributed by atoms with van der Waals surface area (Å²) in [6, 6.07) is 9.42. The van der Waals surface area contributed by atoms with Gasteiger partial charge in [-0.05, 0) is 93.8 Å². The highest BCUT2D eigenvalue weighted by molar-refractivity contribution is 5.78. The molecule has 2 aliphatic carbocycles. The summed E-state index contributed by atoms with van der Waals surface area (Å²) in [7, 11) is 0. The maximum atomic E-state index is 12.6. The van der Waals surface area contributed by atoms with Gasteiger partial charge in [0, 0.05) is 18.5 Å². The fraction of sp³-hybridized carbons (Fsp3) is 0.731. The van der Waals surface area contributed by atoms with Crippen molar-refractivity contribution < 1.29 is 4.79 Å². The molecule has 3 fully saturated rings. The predicted octanol–water partition coefficient (Wildman–Crippen LogP) is 4.79. The van der Waals surface area contributed by atoms with Crippen LogP contribution < -0.4 is 0 Å². The Kier molecular flexibility index (Phi) is 5.69. The van der Waals surface area contributed by atoms with E-state index in [0.29, 0.717) is 17.9 Å². The van der Waals surface area contributed by atoms with Gasteiger partial charge in [-0.15, -0.1) is 0 Å². The maximum absolute atomic E-state index is 12.6. The lowest BCUT2D eigenvalue weighted by molar-refractivity contribution is -0.131. The standard InChI is InChI=1S/C26H38N2O/c29-25(28-16-5-6-17-28)20-27-18-13-23(14-19-27)26(22-10-2-3-11-22)15-7-9-21-8-1-4-12-24(21)26/h1,4,8,12,22-23H,2-3,5-7,9-11,13-20H2. The molecule has 2 saturated heterocycles. The van der Waals surface area contributed by atoms with Gasteiger partial charge in [-0.2, -0.15) is 0 Å². The third kappa shape index (κ3) is 3.65. The summed E-state index contributed by atoms with van der Waals surface area (Å²) in [5.41, 5.74) is 3.76. The van der Waals surface area contributed by atoms with Gasteiger partial charge in [0.05, 0.1) is 6.54 Å². The zero-order valence-corrected chi connectivity index (χ0v) is 18.1. The molecule has 29 heavy (non-hydrogen) atoms. The lowest BCUT2D eigenvalue weighted by atomic mass is 9.54. The Morgan fingerprint density at radius 3 is 2.31 bits per heavy atom. The first kappa shape index (κ1) is 19.6. The van der Waals surface area contributed by atoms with Crippen LogP contribution in [-0.2, 0) is 16.6 Å². The van der Waals surface area contributed by atoms with Crippen LogP contribution in [0.5, 0.6) is 0 Å². The number of carbonyl (C=O) groups is 1. The first-order valence-corrected chi connectivity index (χ1v) is 12.4. The summed E-state index contributed by atoms with van der Waals surface area (Å²) in [5.74, 6) is 2.05. The van der Waals surface area contributed by atoms with E-state index < -0.39 is 0 Å². The van der Waals surface area contributed by atoms with Gasteiger partial charge in [-0.1, -0.05) is 37.1 Å². The van der Waals surface area contributed by atoms with Crippen LogP contribution in [-0.4, -0.2) is 48.4 Å². The third-order valence-corrected chi connectivity index (χ3v) is 8.77. The molecule has 2 heterocycles. The quantitative estimate of drug-likeness (QED) is 0.733. The van der Waals surface area contributed by atoms with Crippen molar-refractivity contribution in [2.75, 3.05) is 32.7 Å². The Morgan fingerprint density at radius 2 is 1.55 bits per heavy atom. The highest BCUT2D eigenvalue weighted by Crippen LogP contribution is 2.55. The second-order valence-corrected chi connectivity index (χ2v) is 10.2. The minimum Gasteiger partial charge on any atom is -0.342 e. The third-order valence-electron chi connectivity index (χ3n) is 8.77. The molecular weight excluding hydrogens is 356 g/mol. The van der Waals surface area contributed by atoms with Crippen LogP contribution >= 0.6 is 0 Å². The molecule has 4 aliphatic rings. The Morgan fingerprint density at radius 1 is 0.862 bits per heavy atom. The van der Waals surface area contributed by atoms with Gasteiger partial charge in [0.1, 0.15) is 0 Å². The zero-order valence-electron chi connectivity index (χ0n) is 18.1. The molecule has 5 rings (SSSR count). The smallest absolute Gasteiger partial charge is 0.236 e. The fourth-order valence-electron chi connectivity index (χ4n) is 7.38. The van der Waals surface area contributed by atoms with Crippen molar-refractivity contribution >= 4 is 5.91 Å². The molecule has 158 valence electrons. The molecule has 2 aliphatic heterocycles. The van der Waals surface area contributed by atoms with Gasteiger partial charge in [-0.3, -0.25) is 9.69 Å². The molecule has 1 aromatic rings. The molecule has 0 bridgehead atoms. The Labute approximate surface area is 176 Å². The zero-order chi connectivity index (χ0) is 19.7. The van der Waals surface area contributed by atoms with Crippen LogP contribution in [0.25, 0.3) is 0 Å². The summed E-state index contributed by atoms with van der Waals surface area (Å²) in [6.45, 7) is 4.84. The number of aryl methyl sites for hydroxylation is 1. The molecule has 0 radical (unpaired) electrons. The van der Waals surface area contributed by atoms with Crippen molar-refractivity contribution in [1.82, 2.24) is 9.80 Å². The van der Waals surface area contributed by atoms with Crippen molar-refractivity contribution in [2.24, 2.45) is 11.8 Å². The van der Waals surface area contributed by atoms with Crippen molar-refractivity contribution in [1.29, 1.82) is 0 Å². The monoisotopic (exact) mass is 394 g/mol. The second kappa shape index (κ2) is 8.41. The number of piperidine rings is 1. The lowest BCUT2D eigenvalue weighted by Gasteiger charge is -2.52. The van der Waals surface area contributed by atoms with Crippen molar-refractivity contribution in [2.45, 2.75) is 76.0 Å². The van der Waals surface area contributed by atoms with E-state index in [2.05, 4.69) is 34.1 Å².